The van der Waals surface area contributed by atoms with E-state index in [1.807, 2.05) is 6.07 Å². The van der Waals surface area contributed by atoms with Crippen LogP contribution in [0, 0.1) is 0 Å². The molecule has 2 N–H and O–H groups in total. The molecule has 1 amide bonds. The summed E-state index contributed by atoms with van der Waals surface area (Å²) in [5, 5.41) is 11.7. The van der Waals surface area contributed by atoms with Crippen LogP contribution < -0.4 is 5.32 Å². The average molecular weight is 274 g/mol. The maximum atomic E-state index is 11.9. The summed E-state index contributed by atoms with van der Waals surface area (Å²) in [5.74, 6) is 0.446. The van der Waals surface area contributed by atoms with Crippen LogP contribution >= 0.6 is 11.3 Å². The fourth-order valence-corrected chi connectivity index (χ4v) is 2.31. The topological polar surface area (TPSA) is 83.8 Å². The van der Waals surface area contributed by atoms with Crippen LogP contribution in [0.25, 0.3) is 10.8 Å². The van der Waals surface area contributed by atoms with E-state index in [0.29, 0.717) is 23.0 Å². The van der Waals surface area contributed by atoms with Gasteiger partial charge in [-0.25, -0.2) is 4.98 Å². The molecule has 96 valence electrons. The minimum Gasteiger partial charge on any atom is -0.462 e. The van der Waals surface area contributed by atoms with Crippen molar-refractivity contribution in [2.45, 2.75) is 6.54 Å². The second-order valence-corrected chi connectivity index (χ2v) is 4.64. The number of amides is 1. The molecule has 0 spiro atoms. The van der Waals surface area contributed by atoms with Crippen molar-refractivity contribution in [3.63, 3.8) is 0 Å². The lowest BCUT2D eigenvalue weighted by Crippen LogP contribution is -2.23. The van der Waals surface area contributed by atoms with Crippen LogP contribution in [-0.4, -0.2) is 21.1 Å². The van der Waals surface area contributed by atoms with Gasteiger partial charge in [0.1, 0.15) is 5.69 Å². The number of thiazole rings is 1. The molecule has 3 heterocycles. The van der Waals surface area contributed by atoms with Crippen LogP contribution in [-0.2, 0) is 6.54 Å². The predicted molar refractivity (Wildman–Crippen MR) is 69.6 cm³/mol. The Kier molecular flexibility index (Phi) is 3.11. The van der Waals surface area contributed by atoms with Gasteiger partial charge in [0.05, 0.1) is 18.5 Å². The first-order valence-electron chi connectivity index (χ1n) is 5.59. The Morgan fingerprint density at radius 2 is 2.42 bits per heavy atom. The van der Waals surface area contributed by atoms with Crippen LogP contribution in [0.15, 0.2) is 40.5 Å². The lowest BCUT2D eigenvalue weighted by Gasteiger charge is -1.99. The summed E-state index contributed by atoms with van der Waals surface area (Å²) in [6.07, 6.45) is 3.22. The molecule has 0 aliphatic rings. The van der Waals surface area contributed by atoms with Gasteiger partial charge in [-0.05, 0) is 18.2 Å². The van der Waals surface area contributed by atoms with Gasteiger partial charge in [-0.2, -0.15) is 5.10 Å². The van der Waals surface area contributed by atoms with Crippen molar-refractivity contribution in [1.82, 2.24) is 20.5 Å². The molecule has 0 saturated carbocycles. The summed E-state index contributed by atoms with van der Waals surface area (Å²) in [6, 6.07) is 5.40. The van der Waals surface area contributed by atoms with Crippen molar-refractivity contribution in [3.05, 3.63) is 47.4 Å². The zero-order valence-corrected chi connectivity index (χ0v) is 10.6. The normalized spacial score (nSPS) is 10.5. The van der Waals surface area contributed by atoms with Gasteiger partial charge in [0, 0.05) is 11.6 Å². The van der Waals surface area contributed by atoms with Gasteiger partial charge in [0.2, 0.25) is 0 Å². The summed E-state index contributed by atoms with van der Waals surface area (Å²) in [5.41, 5.74) is 1.23. The molecule has 0 aliphatic heterocycles. The van der Waals surface area contributed by atoms with Crippen LogP contribution in [0.3, 0.4) is 0 Å². The molecular weight excluding hydrogens is 264 g/mol. The molecule has 0 aliphatic carbocycles. The van der Waals surface area contributed by atoms with E-state index in [0.717, 1.165) is 5.69 Å². The third-order valence-electron chi connectivity index (χ3n) is 2.47. The van der Waals surface area contributed by atoms with Crippen molar-refractivity contribution < 1.29 is 9.21 Å². The van der Waals surface area contributed by atoms with Gasteiger partial charge in [-0.3, -0.25) is 9.89 Å². The lowest BCUT2D eigenvalue weighted by atomic mass is 10.4. The molecule has 0 unspecified atom stereocenters. The number of carbonyl (C=O) groups excluding carboxylic acids is 1. The molecule has 3 rings (SSSR count). The van der Waals surface area contributed by atoms with E-state index in [-0.39, 0.29) is 5.91 Å². The molecule has 0 saturated heterocycles. The summed E-state index contributed by atoms with van der Waals surface area (Å²) >= 11 is 1.37. The summed E-state index contributed by atoms with van der Waals surface area (Å²) < 4.78 is 5.23. The molecule has 3 aromatic heterocycles. The van der Waals surface area contributed by atoms with Crippen molar-refractivity contribution in [3.8, 4) is 10.8 Å². The Morgan fingerprint density at radius 1 is 1.47 bits per heavy atom. The van der Waals surface area contributed by atoms with Gasteiger partial charge in [0.25, 0.3) is 5.91 Å². The Morgan fingerprint density at radius 3 is 3.16 bits per heavy atom. The quantitative estimate of drug-likeness (QED) is 0.762. The highest BCUT2D eigenvalue weighted by molar-refractivity contribution is 7.13. The molecule has 0 aromatic carbocycles. The number of nitrogens with one attached hydrogen (secondary N) is 2. The second-order valence-electron chi connectivity index (χ2n) is 3.78. The van der Waals surface area contributed by atoms with Crippen molar-refractivity contribution >= 4 is 17.2 Å². The van der Waals surface area contributed by atoms with Crippen LogP contribution in [0.2, 0.25) is 0 Å². The number of nitrogens with zero attached hydrogens (tertiary/aromatic N) is 2. The monoisotopic (exact) mass is 274 g/mol. The van der Waals surface area contributed by atoms with E-state index in [4.69, 9.17) is 4.42 Å². The van der Waals surface area contributed by atoms with E-state index >= 15 is 0 Å². The number of furan rings is 1. The van der Waals surface area contributed by atoms with Gasteiger partial charge in [-0.1, -0.05) is 0 Å². The maximum Gasteiger partial charge on any atom is 0.271 e. The molecule has 0 fully saturated rings. The Hall–Kier alpha value is -2.41. The smallest absolute Gasteiger partial charge is 0.271 e. The number of hydrogen-bond donors (Lipinski definition) is 2. The Balaban J connectivity index is 1.67. The van der Waals surface area contributed by atoms with Crippen molar-refractivity contribution in [2.75, 3.05) is 0 Å². The zero-order chi connectivity index (χ0) is 13.1. The number of hydrogen-bond acceptors (Lipinski definition) is 5. The van der Waals surface area contributed by atoms with Gasteiger partial charge < -0.3 is 9.73 Å². The molecule has 7 heteroatoms. The fraction of sp³-hybridized carbons (Fsp3) is 0.0833. The molecule has 0 radical (unpaired) electrons. The first-order chi connectivity index (χ1) is 9.33. The van der Waals surface area contributed by atoms with Gasteiger partial charge >= 0.3 is 0 Å². The van der Waals surface area contributed by atoms with Crippen molar-refractivity contribution in [2.24, 2.45) is 0 Å². The summed E-state index contributed by atoms with van der Waals surface area (Å²) in [4.78, 5) is 16.1. The maximum absolute atomic E-state index is 11.9. The van der Waals surface area contributed by atoms with Gasteiger partial charge in [0.15, 0.2) is 10.8 Å². The van der Waals surface area contributed by atoms with E-state index in [2.05, 4.69) is 20.5 Å². The SMILES string of the molecule is O=C(NCc1ccn[nH]1)c1csc(-c2ccco2)n1. The molecule has 3 aromatic rings. The van der Waals surface area contributed by atoms with Crippen LogP contribution in [0.1, 0.15) is 16.2 Å². The zero-order valence-electron chi connectivity index (χ0n) is 9.79. The minimum atomic E-state index is -0.219. The first-order valence-corrected chi connectivity index (χ1v) is 6.47. The number of aromatic nitrogens is 3. The van der Waals surface area contributed by atoms with Gasteiger partial charge in [-0.15, -0.1) is 11.3 Å². The highest BCUT2D eigenvalue weighted by Crippen LogP contribution is 2.23. The highest BCUT2D eigenvalue weighted by Gasteiger charge is 2.12. The standard InChI is InChI=1S/C12H10N4O2S/c17-11(13-6-8-3-4-14-16-8)9-7-19-12(15-9)10-2-1-5-18-10/h1-5,7H,6H2,(H,13,17)(H,14,16). The van der Waals surface area contributed by atoms with Crippen LogP contribution in [0.5, 0.6) is 0 Å². The summed E-state index contributed by atoms with van der Waals surface area (Å²) in [6.45, 7) is 0.395. The third kappa shape index (κ3) is 2.55. The molecule has 6 nitrogen and oxygen atoms in total. The Bertz CT molecular complexity index is 658. The first kappa shape index (κ1) is 11.7. The predicted octanol–water partition coefficient (Wildman–Crippen LogP) is 2.06. The summed E-state index contributed by atoms with van der Waals surface area (Å²) in [7, 11) is 0. The number of rotatable bonds is 4. The largest absolute Gasteiger partial charge is 0.462 e. The van der Waals surface area contributed by atoms with E-state index in [9.17, 15) is 4.79 Å². The van der Waals surface area contributed by atoms with Crippen LogP contribution in [0.4, 0.5) is 0 Å². The fourth-order valence-electron chi connectivity index (χ4n) is 1.54. The average Bonchev–Trinajstić information content (AvgIpc) is 3.14. The minimum absolute atomic E-state index is 0.219. The van der Waals surface area contributed by atoms with E-state index in [1.165, 1.54) is 11.3 Å². The molecule has 19 heavy (non-hydrogen) atoms. The number of aromatic amines is 1. The third-order valence-corrected chi connectivity index (χ3v) is 3.32. The molecule has 0 bridgehead atoms. The highest BCUT2D eigenvalue weighted by atomic mass is 32.1. The van der Waals surface area contributed by atoms with E-state index < -0.39 is 0 Å². The van der Waals surface area contributed by atoms with Crippen molar-refractivity contribution in [1.29, 1.82) is 0 Å². The van der Waals surface area contributed by atoms with E-state index in [1.54, 1.807) is 30.0 Å². The number of H-pyrrole nitrogens is 1. The molecule has 0 atom stereocenters. The molecular formula is C12H10N4O2S. The lowest BCUT2D eigenvalue weighted by molar-refractivity contribution is 0.0946. The second kappa shape index (κ2) is 5.07. The number of carbonyl (C=O) groups is 1. The Labute approximate surface area is 112 Å².